The van der Waals surface area contributed by atoms with Crippen molar-refractivity contribution in [2.24, 2.45) is 0 Å². The van der Waals surface area contributed by atoms with Crippen LogP contribution >= 0.6 is 11.3 Å². The van der Waals surface area contributed by atoms with Crippen molar-refractivity contribution in [2.45, 2.75) is 17.7 Å². The summed E-state index contributed by atoms with van der Waals surface area (Å²) in [4.78, 5) is 4.39. The van der Waals surface area contributed by atoms with E-state index >= 15 is 0 Å². The molecule has 0 saturated carbocycles. The van der Waals surface area contributed by atoms with Gasteiger partial charge in [0.15, 0.2) is 18.6 Å². The Morgan fingerprint density at radius 2 is 1.92 bits per heavy atom. The number of allylic oxidation sites excluding steroid dienone is 1. The van der Waals surface area contributed by atoms with Crippen LogP contribution in [0, 0.1) is 5.21 Å². The van der Waals surface area contributed by atoms with Crippen molar-refractivity contribution in [1.82, 2.24) is 4.98 Å². The summed E-state index contributed by atoms with van der Waals surface area (Å²) in [6, 6.07) is 8.62. The third-order valence-electron chi connectivity index (χ3n) is 3.32. The second kappa shape index (κ2) is 8.45. The van der Waals surface area contributed by atoms with Crippen LogP contribution in [-0.2, 0) is 9.84 Å². The van der Waals surface area contributed by atoms with E-state index in [0.29, 0.717) is 15.2 Å². The molecule has 26 heavy (non-hydrogen) atoms. The molecule has 10 heteroatoms. The van der Waals surface area contributed by atoms with Crippen LogP contribution in [0.5, 0.6) is 0 Å². The summed E-state index contributed by atoms with van der Waals surface area (Å²) in [5, 5.41) is 11.7. The van der Waals surface area contributed by atoms with Crippen LogP contribution in [0.15, 0.2) is 46.6 Å². The summed E-state index contributed by atoms with van der Waals surface area (Å²) in [6.07, 6.45) is -2.25. The molecule has 1 aromatic carbocycles. The number of nitrogens with zero attached hydrogens (tertiary/aromatic N) is 2. The van der Waals surface area contributed by atoms with Crippen molar-refractivity contribution >= 4 is 27.4 Å². The minimum absolute atomic E-state index is 0.153. The zero-order valence-electron chi connectivity index (χ0n) is 13.7. The fourth-order valence-electron chi connectivity index (χ4n) is 1.96. The molecule has 0 atom stereocenters. The van der Waals surface area contributed by atoms with Gasteiger partial charge in [0.2, 0.25) is 14.2 Å². The zero-order chi connectivity index (χ0) is 19.3. The van der Waals surface area contributed by atoms with Gasteiger partial charge in [-0.2, -0.15) is 8.78 Å². The number of hydrogen-bond donors (Lipinski definition) is 0. The van der Waals surface area contributed by atoms with Crippen molar-refractivity contribution in [2.75, 3.05) is 12.3 Å². The van der Waals surface area contributed by atoms with Gasteiger partial charge in [-0.1, -0.05) is 41.7 Å². The highest BCUT2D eigenvalue weighted by atomic mass is 32.2. The molecule has 1 heterocycles. The van der Waals surface area contributed by atoms with Gasteiger partial charge in [-0.25, -0.2) is 22.5 Å². The van der Waals surface area contributed by atoms with E-state index in [1.165, 1.54) is 6.21 Å². The maximum atomic E-state index is 12.9. The molecule has 0 radical (unpaired) electrons. The molecule has 0 unspecified atom stereocenters. The lowest BCUT2D eigenvalue weighted by atomic mass is 10.1. The highest BCUT2D eigenvalue weighted by Gasteiger charge is 2.24. The van der Waals surface area contributed by atoms with Crippen LogP contribution in [0.3, 0.4) is 0 Å². The molecule has 0 aliphatic heterocycles. The molecule has 1 aromatic heterocycles. The minimum Gasteiger partial charge on any atom is -0.624 e. The van der Waals surface area contributed by atoms with Crippen molar-refractivity contribution in [3.05, 3.63) is 52.3 Å². The molecule has 2 rings (SSSR count). The van der Waals surface area contributed by atoms with E-state index in [4.69, 9.17) is 0 Å². The molecule has 0 saturated heterocycles. The monoisotopic (exact) mass is 404 g/mol. The summed E-state index contributed by atoms with van der Waals surface area (Å²) in [5.41, 5.74) is 0.887. The van der Waals surface area contributed by atoms with E-state index in [-0.39, 0.29) is 16.6 Å². The molecule has 0 amide bonds. The number of rotatable bonds is 7. The van der Waals surface area contributed by atoms with Crippen LogP contribution < -0.4 is 0 Å². The van der Waals surface area contributed by atoms with E-state index in [1.54, 1.807) is 37.3 Å². The second-order valence-electron chi connectivity index (χ2n) is 5.16. The number of benzene rings is 1. The Morgan fingerprint density at radius 3 is 2.50 bits per heavy atom. The van der Waals surface area contributed by atoms with E-state index in [0.717, 1.165) is 11.3 Å². The van der Waals surface area contributed by atoms with Crippen LogP contribution in [0.4, 0.5) is 13.2 Å². The summed E-state index contributed by atoms with van der Waals surface area (Å²) in [5.74, 6) is -2.61. The standard InChI is InChI=1S/C16H15F3N2O3S2/c1-2-21(22)10-13-14(11-6-4-3-5-7-11)20-16(25-13)26(23,24)9-8-12(17)15(18)19/h3-7,10H,2,8-9H2,1H3/b21-10-. The Kier molecular flexibility index (Phi) is 6.54. The molecule has 0 spiro atoms. The number of hydroxylamine groups is 1. The lowest BCUT2D eigenvalue weighted by Gasteiger charge is -2.00. The van der Waals surface area contributed by atoms with Gasteiger partial charge in [0.1, 0.15) is 4.88 Å². The molecule has 5 nitrogen and oxygen atoms in total. The van der Waals surface area contributed by atoms with Gasteiger partial charge in [-0.05, 0) is 6.92 Å². The summed E-state index contributed by atoms with van der Waals surface area (Å²) in [6.45, 7) is 1.78. The van der Waals surface area contributed by atoms with Crippen LogP contribution in [-0.4, -0.2) is 36.7 Å². The molecule has 0 fully saturated rings. The Labute approximate surface area is 152 Å². The molecule has 0 aliphatic rings. The van der Waals surface area contributed by atoms with Gasteiger partial charge in [0.25, 0.3) is 0 Å². The Hall–Kier alpha value is -2.20. The van der Waals surface area contributed by atoms with Crippen LogP contribution in [0.1, 0.15) is 18.2 Å². The molecular formula is C16H15F3N2O3S2. The number of halogens is 3. The topological polar surface area (TPSA) is 73.1 Å². The van der Waals surface area contributed by atoms with Gasteiger partial charge in [0, 0.05) is 12.0 Å². The van der Waals surface area contributed by atoms with Crippen molar-refractivity contribution < 1.29 is 26.3 Å². The maximum absolute atomic E-state index is 12.9. The largest absolute Gasteiger partial charge is 0.624 e. The first-order chi connectivity index (χ1) is 12.2. The van der Waals surface area contributed by atoms with Crippen molar-refractivity contribution in [3.63, 3.8) is 0 Å². The SMILES string of the molecule is CC/[N+]([O-])=C/c1sc(S(=O)(=O)CCC(F)=C(F)F)nc1-c1ccccc1. The number of hydrogen-bond acceptors (Lipinski definition) is 5. The highest BCUT2D eigenvalue weighted by Crippen LogP contribution is 2.30. The molecule has 0 N–H and O–H groups in total. The fraction of sp³-hybridized carbons (Fsp3) is 0.250. The van der Waals surface area contributed by atoms with Crippen molar-refractivity contribution in [1.29, 1.82) is 0 Å². The third-order valence-corrected chi connectivity index (χ3v) is 6.48. The second-order valence-corrected chi connectivity index (χ2v) is 8.47. The number of sulfone groups is 1. The molecular weight excluding hydrogens is 389 g/mol. The Morgan fingerprint density at radius 1 is 1.27 bits per heavy atom. The van der Waals surface area contributed by atoms with Gasteiger partial charge in [-0.3, -0.25) is 0 Å². The van der Waals surface area contributed by atoms with Crippen LogP contribution in [0.2, 0.25) is 0 Å². The molecule has 0 bridgehead atoms. The average Bonchev–Trinajstić information content (AvgIpc) is 3.04. The van der Waals surface area contributed by atoms with Gasteiger partial charge < -0.3 is 5.21 Å². The van der Waals surface area contributed by atoms with Gasteiger partial charge in [0.05, 0.1) is 11.4 Å². The first-order valence-electron chi connectivity index (χ1n) is 7.52. The first-order valence-corrected chi connectivity index (χ1v) is 9.98. The van der Waals surface area contributed by atoms with E-state index < -0.39 is 33.9 Å². The normalized spacial score (nSPS) is 12.2. The average molecular weight is 404 g/mol. The zero-order valence-corrected chi connectivity index (χ0v) is 15.3. The summed E-state index contributed by atoms with van der Waals surface area (Å²) < 4.78 is 62.1. The van der Waals surface area contributed by atoms with Crippen molar-refractivity contribution in [3.8, 4) is 11.3 Å². The van der Waals surface area contributed by atoms with Gasteiger partial charge >= 0.3 is 6.08 Å². The van der Waals surface area contributed by atoms with E-state index in [1.807, 2.05) is 0 Å². The third kappa shape index (κ3) is 4.92. The Bertz CT molecular complexity index is 935. The lowest BCUT2D eigenvalue weighted by Crippen LogP contribution is -2.07. The Balaban J connectivity index is 2.46. The predicted molar refractivity (Wildman–Crippen MR) is 93.9 cm³/mol. The highest BCUT2D eigenvalue weighted by molar-refractivity contribution is 7.93. The molecule has 2 aromatic rings. The smallest absolute Gasteiger partial charge is 0.301 e. The van der Waals surface area contributed by atoms with Gasteiger partial charge in [-0.15, -0.1) is 0 Å². The predicted octanol–water partition coefficient (Wildman–Crippen LogP) is 4.00. The lowest BCUT2D eigenvalue weighted by molar-refractivity contribution is -0.447. The maximum Gasteiger partial charge on any atom is 0.301 e. The summed E-state index contributed by atoms with van der Waals surface area (Å²) >= 11 is 0.743. The first kappa shape index (κ1) is 20.1. The molecule has 140 valence electrons. The van der Waals surface area contributed by atoms with E-state index in [9.17, 15) is 26.8 Å². The molecule has 0 aliphatic carbocycles. The van der Waals surface area contributed by atoms with E-state index in [2.05, 4.69) is 4.98 Å². The fourth-order valence-corrected chi connectivity index (χ4v) is 4.60. The number of aromatic nitrogens is 1. The van der Waals surface area contributed by atoms with Crippen LogP contribution in [0.25, 0.3) is 11.3 Å². The number of thiazole rings is 1. The summed E-state index contributed by atoms with van der Waals surface area (Å²) in [7, 11) is -4.08. The quantitative estimate of drug-likeness (QED) is 0.303. The minimum atomic E-state index is -4.08.